The quantitative estimate of drug-likeness (QED) is 0.0702. The van der Waals surface area contributed by atoms with Crippen molar-refractivity contribution in [3.63, 3.8) is 0 Å². The number of hydrogen-bond donors (Lipinski definition) is 1. The summed E-state index contributed by atoms with van der Waals surface area (Å²) in [6, 6.07) is 67.5. The molecular weight excluding hydrogens is 793 g/mol. The van der Waals surface area contributed by atoms with Crippen molar-refractivity contribution in [3.8, 4) is 45.7 Å². The van der Waals surface area contributed by atoms with Crippen LogP contribution in [0, 0.1) is 12.3 Å². The van der Waals surface area contributed by atoms with Gasteiger partial charge in [0, 0.05) is 34.9 Å². The molecular formula is C61H50N2S. The van der Waals surface area contributed by atoms with Crippen molar-refractivity contribution >= 4 is 41.0 Å². The first-order chi connectivity index (χ1) is 31.6. The Morgan fingerprint density at radius 1 is 0.562 bits per heavy atom. The zero-order valence-corrected chi connectivity index (χ0v) is 36.7. The molecule has 9 rings (SSSR count). The summed E-state index contributed by atoms with van der Waals surface area (Å²) in [5.74, 6) is 2.89. The Balaban J connectivity index is 0.979. The van der Waals surface area contributed by atoms with E-state index in [1.165, 1.54) is 39.0 Å². The Hall–Kier alpha value is -7.51. The number of anilines is 4. The zero-order chi connectivity index (χ0) is 43.5. The number of terminal acetylenes is 1. The Bertz CT molecular complexity index is 2810. The molecule has 0 aromatic heterocycles. The van der Waals surface area contributed by atoms with E-state index in [-0.39, 0.29) is 6.04 Å². The minimum absolute atomic E-state index is 0.195. The lowest BCUT2D eigenvalue weighted by atomic mass is 9.96. The molecule has 0 N–H and O–H groups in total. The predicted octanol–water partition coefficient (Wildman–Crippen LogP) is 16.0. The van der Waals surface area contributed by atoms with E-state index >= 15 is 0 Å². The SMILES string of the molecule is C#C/C(=C\C=C/CN(c1ccc(-c2ccc(N(c3ccc(-c4ccccc4)cc3)c3ccc(-c4ccccc4)cc3)cc2)cc1)C1C=CC(c2ccccc2)=CC1)C1=C(S)CCC=C1. The van der Waals surface area contributed by atoms with Crippen LogP contribution in [0.3, 0.4) is 0 Å². The molecule has 2 nitrogen and oxygen atoms in total. The zero-order valence-electron chi connectivity index (χ0n) is 35.8. The third-order valence-corrected chi connectivity index (χ3v) is 12.5. The van der Waals surface area contributed by atoms with E-state index in [9.17, 15) is 0 Å². The molecule has 1 unspecified atom stereocenters. The molecule has 7 aromatic carbocycles. The van der Waals surface area contributed by atoms with Gasteiger partial charge >= 0.3 is 0 Å². The normalized spacial score (nSPS) is 14.9. The Labute approximate surface area is 384 Å². The fraction of sp³-hybridized carbons (Fsp3) is 0.0820. The van der Waals surface area contributed by atoms with Crippen LogP contribution in [0.4, 0.5) is 22.7 Å². The molecule has 0 saturated carbocycles. The van der Waals surface area contributed by atoms with E-state index in [1.54, 1.807) is 0 Å². The lowest BCUT2D eigenvalue weighted by molar-refractivity contribution is 0.725. The second-order valence-electron chi connectivity index (χ2n) is 16.0. The van der Waals surface area contributed by atoms with Crippen LogP contribution in [0.2, 0.25) is 0 Å². The number of allylic oxidation sites excluding steroid dienone is 9. The van der Waals surface area contributed by atoms with E-state index in [0.29, 0.717) is 0 Å². The fourth-order valence-electron chi connectivity index (χ4n) is 8.53. The van der Waals surface area contributed by atoms with Gasteiger partial charge in [-0.05, 0) is 129 Å². The van der Waals surface area contributed by atoms with Gasteiger partial charge in [0.2, 0.25) is 0 Å². The van der Waals surface area contributed by atoms with E-state index < -0.39 is 0 Å². The van der Waals surface area contributed by atoms with Crippen molar-refractivity contribution in [3.05, 3.63) is 258 Å². The van der Waals surface area contributed by atoms with Crippen molar-refractivity contribution in [2.24, 2.45) is 0 Å². The van der Waals surface area contributed by atoms with Crippen LogP contribution in [-0.2, 0) is 0 Å². The van der Waals surface area contributed by atoms with Crippen molar-refractivity contribution < 1.29 is 0 Å². The monoisotopic (exact) mass is 842 g/mol. The maximum atomic E-state index is 5.98. The first kappa shape index (κ1) is 41.8. The summed E-state index contributed by atoms with van der Waals surface area (Å²) in [7, 11) is 0. The number of nitrogens with zero attached hydrogens (tertiary/aromatic N) is 2. The first-order valence-corrected chi connectivity index (χ1v) is 22.5. The highest BCUT2D eigenvalue weighted by Gasteiger charge is 2.19. The molecule has 0 aliphatic heterocycles. The molecule has 3 heteroatoms. The maximum Gasteiger partial charge on any atom is 0.0514 e. The summed E-state index contributed by atoms with van der Waals surface area (Å²) >= 11 is 4.73. The number of hydrogen-bond acceptors (Lipinski definition) is 3. The van der Waals surface area contributed by atoms with E-state index in [0.717, 1.165) is 70.2 Å². The molecule has 1 atom stereocenters. The summed E-state index contributed by atoms with van der Waals surface area (Å²) in [5, 5.41) is 0. The van der Waals surface area contributed by atoms with Crippen molar-refractivity contribution in [2.45, 2.75) is 25.3 Å². The van der Waals surface area contributed by atoms with Gasteiger partial charge in [0.15, 0.2) is 0 Å². The van der Waals surface area contributed by atoms with Gasteiger partial charge in [-0.25, -0.2) is 0 Å². The number of rotatable bonds is 13. The minimum Gasteiger partial charge on any atom is -0.361 e. The molecule has 0 amide bonds. The maximum absolute atomic E-state index is 5.98. The largest absolute Gasteiger partial charge is 0.361 e. The highest BCUT2D eigenvalue weighted by molar-refractivity contribution is 7.84. The Morgan fingerprint density at radius 2 is 1.02 bits per heavy atom. The molecule has 2 aliphatic carbocycles. The lowest BCUT2D eigenvalue weighted by Crippen LogP contribution is -2.34. The van der Waals surface area contributed by atoms with Gasteiger partial charge in [0.1, 0.15) is 0 Å². The van der Waals surface area contributed by atoms with E-state index in [2.05, 4.69) is 246 Å². The number of thiol groups is 1. The fourth-order valence-corrected chi connectivity index (χ4v) is 8.86. The topological polar surface area (TPSA) is 6.48 Å². The highest BCUT2D eigenvalue weighted by Crippen LogP contribution is 2.38. The van der Waals surface area contributed by atoms with Crippen LogP contribution < -0.4 is 9.80 Å². The minimum atomic E-state index is 0.195. The highest BCUT2D eigenvalue weighted by atomic mass is 32.1. The molecule has 310 valence electrons. The van der Waals surface area contributed by atoms with Gasteiger partial charge in [-0.1, -0.05) is 188 Å². The van der Waals surface area contributed by atoms with Crippen LogP contribution in [0.25, 0.3) is 39.0 Å². The van der Waals surface area contributed by atoms with Crippen LogP contribution in [-0.4, -0.2) is 12.6 Å². The van der Waals surface area contributed by atoms with Gasteiger partial charge < -0.3 is 9.80 Å². The third kappa shape index (κ3) is 9.74. The second kappa shape index (κ2) is 20.1. The van der Waals surface area contributed by atoms with Gasteiger partial charge in [-0.3, -0.25) is 0 Å². The molecule has 7 aromatic rings. The molecule has 64 heavy (non-hydrogen) atoms. The molecule has 0 bridgehead atoms. The Kier molecular flexibility index (Phi) is 13.1. The van der Waals surface area contributed by atoms with Gasteiger partial charge in [-0.2, -0.15) is 0 Å². The van der Waals surface area contributed by atoms with Crippen LogP contribution in [0.15, 0.2) is 253 Å². The summed E-state index contributed by atoms with van der Waals surface area (Å²) in [6.45, 7) is 0.725. The molecule has 2 aliphatic rings. The van der Waals surface area contributed by atoms with Crippen LogP contribution in [0.1, 0.15) is 24.8 Å². The standard InChI is InChI=1S/C61H50N2S/c1-2-46(60-23-12-13-24-61(60)64)16-14-15-45-62(55-35-25-50(26-36-55)47-17-6-3-7-18-47)56-37-27-53(28-38-56)54-33-43-59(44-34-54)63(57-39-29-51(30-40-57)48-19-8-4-9-20-48)58-41-31-52(32-42-58)49-21-10-5-11-22-49/h1,3-12,14-23,25-35,37-44,55,64H,13,24,36,45H2/b15-14-,46-16+. The van der Waals surface area contributed by atoms with Crippen molar-refractivity contribution in [2.75, 3.05) is 16.3 Å². The van der Waals surface area contributed by atoms with Crippen LogP contribution >= 0.6 is 12.6 Å². The molecule has 0 fully saturated rings. The van der Waals surface area contributed by atoms with Gasteiger partial charge in [0.25, 0.3) is 0 Å². The van der Waals surface area contributed by atoms with Gasteiger partial charge in [-0.15, -0.1) is 19.1 Å². The predicted molar refractivity (Wildman–Crippen MR) is 277 cm³/mol. The van der Waals surface area contributed by atoms with Crippen molar-refractivity contribution in [1.29, 1.82) is 0 Å². The number of benzene rings is 7. The van der Waals surface area contributed by atoms with Crippen molar-refractivity contribution in [1.82, 2.24) is 0 Å². The average molecular weight is 843 g/mol. The Morgan fingerprint density at radius 3 is 1.45 bits per heavy atom. The van der Waals surface area contributed by atoms with Crippen LogP contribution in [0.5, 0.6) is 0 Å². The van der Waals surface area contributed by atoms with E-state index in [4.69, 9.17) is 19.1 Å². The summed E-state index contributed by atoms with van der Waals surface area (Å²) in [5.41, 5.74) is 16.0. The average Bonchev–Trinajstić information content (AvgIpc) is 3.37. The lowest BCUT2D eigenvalue weighted by Gasteiger charge is -2.32. The molecule has 0 heterocycles. The first-order valence-electron chi connectivity index (χ1n) is 22.1. The van der Waals surface area contributed by atoms with Gasteiger partial charge in [0.05, 0.1) is 6.04 Å². The molecule has 0 saturated heterocycles. The summed E-state index contributed by atoms with van der Waals surface area (Å²) < 4.78 is 0. The second-order valence-corrected chi connectivity index (χ2v) is 16.6. The molecule has 0 radical (unpaired) electrons. The summed E-state index contributed by atoms with van der Waals surface area (Å²) in [4.78, 5) is 5.85. The molecule has 0 spiro atoms. The van der Waals surface area contributed by atoms with E-state index in [1.807, 2.05) is 6.08 Å². The summed E-state index contributed by atoms with van der Waals surface area (Å²) in [6.07, 6.45) is 26.4. The smallest absolute Gasteiger partial charge is 0.0514 e. The third-order valence-electron chi connectivity index (χ3n) is 12.0.